The molecule has 3 rings (SSSR count). The molecule has 1 aliphatic rings. The summed E-state index contributed by atoms with van der Waals surface area (Å²) in [6.45, 7) is 5.89. The molecule has 0 aliphatic carbocycles. The summed E-state index contributed by atoms with van der Waals surface area (Å²) in [7, 11) is 0. The molecule has 1 saturated heterocycles. The van der Waals surface area contributed by atoms with Crippen LogP contribution in [0.15, 0.2) is 60.7 Å². The lowest BCUT2D eigenvalue weighted by atomic mass is 10.1. The van der Waals surface area contributed by atoms with Gasteiger partial charge < -0.3 is 20.2 Å². The summed E-state index contributed by atoms with van der Waals surface area (Å²) >= 11 is 0. The van der Waals surface area contributed by atoms with Crippen molar-refractivity contribution in [1.29, 1.82) is 0 Å². The van der Waals surface area contributed by atoms with Crippen LogP contribution in [0.4, 0.5) is 17.1 Å². The number of hydrogen-bond acceptors (Lipinski definition) is 4. The fourth-order valence-electron chi connectivity index (χ4n) is 3.13. The van der Waals surface area contributed by atoms with E-state index >= 15 is 0 Å². The molecule has 0 radical (unpaired) electrons. The number of hydrogen-bond donors (Lipinski definition) is 2. The Bertz CT molecular complexity index is 838. The molecule has 1 amide bonds. The SMILES string of the molecule is Cc1cccc(N2CCN(c3ccc(NC(=O)/C=C/C(=O)O)cc3)CC2)c1. The summed E-state index contributed by atoms with van der Waals surface area (Å²) in [6, 6.07) is 16.2. The number of amides is 1. The van der Waals surface area contributed by atoms with Crippen LogP contribution in [0, 0.1) is 6.92 Å². The van der Waals surface area contributed by atoms with Gasteiger partial charge in [-0.3, -0.25) is 4.79 Å². The van der Waals surface area contributed by atoms with Crippen LogP contribution in [0.5, 0.6) is 0 Å². The summed E-state index contributed by atoms with van der Waals surface area (Å²) in [6.07, 6.45) is 1.82. The van der Waals surface area contributed by atoms with Crippen molar-refractivity contribution in [2.24, 2.45) is 0 Å². The molecule has 0 saturated carbocycles. The maximum atomic E-state index is 11.6. The van der Waals surface area contributed by atoms with Crippen molar-refractivity contribution in [2.75, 3.05) is 41.3 Å². The Kier molecular flexibility index (Phi) is 5.76. The van der Waals surface area contributed by atoms with Crippen LogP contribution in [0.3, 0.4) is 0 Å². The number of rotatable bonds is 5. The van der Waals surface area contributed by atoms with Gasteiger partial charge in [-0.15, -0.1) is 0 Å². The van der Waals surface area contributed by atoms with Crippen molar-refractivity contribution < 1.29 is 14.7 Å². The Labute approximate surface area is 158 Å². The Morgan fingerprint density at radius 3 is 2.15 bits per heavy atom. The van der Waals surface area contributed by atoms with Crippen LogP contribution >= 0.6 is 0 Å². The average Bonchev–Trinajstić information content (AvgIpc) is 2.67. The summed E-state index contributed by atoms with van der Waals surface area (Å²) in [5, 5.41) is 11.2. The normalized spacial score (nSPS) is 14.4. The lowest BCUT2D eigenvalue weighted by Gasteiger charge is -2.37. The maximum Gasteiger partial charge on any atom is 0.328 e. The minimum Gasteiger partial charge on any atom is -0.478 e. The lowest BCUT2D eigenvalue weighted by Crippen LogP contribution is -2.46. The average molecular weight is 365 g/mol. The lowest BCUT2D eigenvalue weighted by molar-refractivity contribution is -0.131. The van der Waals surface area contributed by atoms with Gasteiger partial charge >= 0.3 is 5.97 Å². The molecule has 2 aromatic rings. The zero-order chi connectivity index (χ0) is 19.2. The molecule has 0 aromatic heterocycles. The number of aryl methyl sites for hydroxylation is 1. The van der Waals surface area contributed by atoms with Crippen molar-refractivity contribution in [3.8, 4) is 0 Å². The van der Waals surface area contributed by atoms with E-state index in [2.05, 4.69) is 46.3 Å². The van der Waals surface area contributed by atoms with Crippen LogP contribution in [0.2, 0.25) is 0 Å². The predicted octanol–water partition coefficient (Wildman–Crippen LogP) is 2.90. The fraction of sp³-hybridized carbons (Fsp3) is 0.238. The number of carbonyl (C=O) groups excluding carboxylic acids is 1. The fourth-order valence-corrected chi connectivity index (χ4v) is 3.13. The quantitative estimate of drug-likeness (QED) is 0.797. The monoisotopic (exact) mass is 365 g/mol. The Morgan fingerprint density at radius 1 is 0.926 bits per heavy atom. The summed E-state index contributed by atoms with van der Waals surface area (Å²) in [5.74, 6) is -1.61. The molecule has 0 spiro atoms. The largest absolute Gasteiger partial charge is 0.478 e. The van der Waals surface area contributed by atoms with Gasteiger partial charge in [-0.1, -0.05) is 12.1 Å². The molecular weight excluding hydrogens is 342 g/mol. The van der Waals surface area contributed by atoms with Crippen LogP contribution in [-0.4, -0.2) is 43.2 Å². The van der Waals surface area contributed by atoms with Crippen LogP contribution in [0.25, 0.3) is 0 Å². The second-order valence-electron chi connectivity index (χ2n) is 6.52. The highest BCUT2D eigenvalue weighted by molar-refractivity contribution is 6.02. The van der Waals surface area contributed by atoms with Crippen molar-refractivity contribution in [3.05, 3.63) is 66.2 Å². The van der Waals surface area contributed by atoms with Crippen LogP contribution < -0.4 is 15.1 Å². The smallest absolute Gasteiger partial charge is 0.328 e. The molecule has 0 bridgehead atoms. The number of aliphatic carboxylic acids is 1. The number of piperazine rings is 1. The van der Waals surface area contributed by atoms with E-state index in [9.17, 15) is 9.59 Å². The zero-order valence-corrected chi connectivity index (χ0v) is 15.3. The predicted molar refractivity (Wildman–Crippen MR) is 107 cm³/mol. The minimum absolute atomic E-state index is 0.461. The standard InChI is InChI=1S/C21H23N3O3/c1-16-3-2-4-19(15-16)24-13-11-23(12-14-24)18-7-5-17(6-8-18)22-20(25)9-10-21(26)27/h2-10,15H,11-14H2,1H3,(H,22,25)(H,26,27)/b10-9+. The first kappa shape index (κ1) is 18.5. The molecule has 0 unspecified atom stereocenters. The highest BCUT2D eigenvalue weighted by Crippen LogP contribution is 2.22. The van der Waals surface area contributed by atoms with Gasteiger partial charge in [0.05, 0.1) is 0 Å². The highest BCUT2D eigenvalue weighted by Gasteiger charge is 2.17. The van der Waals surface area contributed by atoms with E-state index in [-0.39, 0.29) is 0 Å². The van der Waals surface area contributed by atoms with Gasteiger partial charge in [-0.05, 0) is 48.9 Å². The first-order valence-corrected chi connectivity index (χ1v) is 8.90. The maximum absolute atomic E-state index is 11.6. The number of benzene rings is 2. The molecule has 140 valence electrons. The number of carbonyl (C=O) groups is 2. The molecule has 2 N–H and O–H groups in total. The van der Waals surface area contributed by atoms with E-state index < -0.39 is 11.9 Å². The number of carboxylic acids is 1. The number of nitrogens with zero attached hydrogens (tertiary/aromatic N) is 2. The van der Waals surface area contributed by atoms with Crippen molar-refractivity contribution in [3.63, 3.8) is 0 Å². The number of carboxylic acid groups (broad SMARTS) is 1. The molecule has 1 aliphatic heterocycles. The highest BCUT2D eigenvalue weighted by atomic mass is 16.4. The van der Waals surface area contributed by atoms with Gasteiger partial charge in [0.25, 0.3) is 0 Å². The van der Waals surface area contributed by atoms with Gasteiger partial charge in [0.15, 0.2) is 0 Å². The Hall–Kier alpha value is -3.28. The van der Waals surface area contributed by atoms with E-state index in [1.54, 1.807) is 0 Å². The van der Waals surface area contributed by atoms with Crippen molar-refractivity contribution >= 4 is 28.9 Å². The second-order valence-corrected chi connectivity index (χ2v) is 6.52. The van der Waals surface area contributed by atoms with E-state index in [1.807, 2.05) is 24.3 Å². The summed E-state index contributed by atoms with van der Waals surface area (Å²) in [5.41, 5.74) is 4.28. The molecular formula is C21H23N3O3. The Balaban J connectivity index is 1.55. The van der Waals surface area contributed by atoms with Crippen LogP contribution in [0.1, 0.15) is 5.56 Å². The van der Waals surface area contributed by atoms with E-state index in [0.717, 1.165) is 44.0 Å². The molecule has 1 fully saturated rings. The Morgan fingerprint density at radius 2 is 1.56 bits per heavy atom. The van der Waals surface area contributed by atoms with Gasteiger partial charge in [-0.25, -0.2) is 4.79 Å². The third kappa shape index (κ3) is 5.10. The van der Waals surface area contributed by atoms with Crippen molar-refractivity contribution in [1.82, 2.24) is 0 Å². The summed E-state index contributed by atoms with van der Waals surface area (Å²) in [4.78, 5) is 26.8. The summed E-state index contributed by atoms with van der Waals surface area (Å²) < 4.78 is 0. The first-order chi connectivity index (χ1) is 13.0. The van der Waals surface area contributed by atoms with Gasteiger partial charge in [-0.2, -0.15) is 0 Å². The van der Waals surface area contributed by atoms with Gasteiger partial charge in [0, 0.05) is 55.4 Å². The first-order valence-electron chi connectivity index (χ1n) is 8.90. The number of nitrogens with one attached hydrogen (secondary N) is 1. The van der Waals surface area contributed by atoms with E-state index in [4.69, 9.17) is 5.11 Å². The third-order valence-electron chi connectivity index (χ3n) is 4.52. The molecule has 6 nitrogen and oxygen atoms in total. The molecule has 0 atom stereocenters. The van der Waals surface area contributed by atoms with Gasteiger partial charge in [0.1, 0.15) is 0 Å². The number of anilines is 3. The second kappa shape index (κ2) is 8.40. The minimum atomic E-state index is -1.15. The third-order valence-corrected chi connectivity index (χ3v) is 4.52. The van der Waals surface area contributed by atoms with E-state index in [0.29, 0.717) is 5.69 Å². The topological polar surface area (TPSA) is 72.9 Å². The molecule has 1 heterocycles. The zero-order valence-electron chi connectivity index (χ0n) is 15.3. The van der Waals surface area contributed by atoms with E-state index in [1.165, 1.54) is 11.3 Å². The molecule has 2 aromatic carbocycles. The molecule has 27 heavy (non-hydrogen) atoms. The molecule has 6 heteroatoms. The van der Waals surface area contributed by atoms with Crippen molar-refractivity contribution in [2.45, 2.75) is 6.92 Å². The van der Waals surface area contributed by atoms with Gasteiger partial charge in [0.2, 0.25) is 5.91 Å². The van der Waals surface area contributed by atoms with Crippen LogP contribution in [-0.2, 0) is 9.59 Å².